The summed E-state index contributed by atoms with van der Waals surface area (Å²) in [4.78, 5) is 25.9. The highest BCUT2D eigenvalue weighted by atomic mass is 32.2. The van der Waals surface area contributed by atoms with Crippen LogP contribution in [0.5, 0.6) is 5.75 Å². The van der Waals surface area contributed by atoms with Crippen LogP contribution in [0.25, 0.3) is 0 Å². The molecule has 0 saturated carbocycles. The minimum absolute atomic E-state index is 0.0217. The van der Waals surface area contributed by atoms with E-state index in [4.69, 9.17) is 4.74 Å². The van der Waals surface area contributed by atoms with Gasteiger partial charge in [0.25, 0.3) is 0 Å². The number of sulfonamides is 1. The van der Waals surface area contributed by atoms with Crippen LogP contribution in [0.3, 0.4) is 0 Å². The van der Waals surface area contributed by atoms with Crippen LogP contribution in [0.15, 0.2) is 53.4 Å². The molecule has 1 fully saturated rings. The number of hydrogen-bond acceptors (Lipinski definition) is 6. The van der Waals surface area contributed by atoms with Crippen molar-refractivity contribution in [3.8, 4) is 5.75 Å². The molecule has 0 atom stereocenters. The Hall–Kier alpha value is -2.75. The Morgan fingerprint density at radius 2 is 1.59 bits per heavy atom. The van der Waals surface area contributed by atoms with Gasteiger partial charge in [0.15, 0.2) is 5.78 Å². The van der Waals surface area contributed by atoms with Crippen molar-refractivity contribution in [1.29, 1.82) is 0 Å². The molecule has 0 spiro atoms. The van der Waals surface area contributed by atoms with Gasteiger partial charge in [0.2, 0.25) is 15.9 Å². The van der Waals surface area contributed by atoms with Crippen molar-refractivity contribution in [3.05, 3.63) is 54.1 Å². The van der Waals surface area contributed by atoms with E-state index in [9.17, 15) is 18.0 Å². The van der Waals surface area contributed by atoms with E-state index in [1.807, 2.05) is 6.92 Å². The molecule has 1 aliphatic rings. The normalized spacial score (nSPS) is 15.3. The van der Waals surface area contributed by atoms with Crippen LogP contribution in [0.2, 0.25) is 0 Å². The quantitative estimate of drug-likeness (QED) is 0.579. The van der Waals surface area contributed by atoms with Crippen molar-refractivity contribution < 1.29 is 22.7 Å². The Morgan fingerprint density at radius 1 is 0.969 bits per heavy atom. The first kappa shape index (κ1) is 23.9. The van der Waals surface area contributed by atoms with Gasteiger partial charge in [-0.15, -0.1) is 0 Å². The number of amides is 1. The third kappa shape index (κ3) is 6.15. The van der Waals surface area contributed by atoms with Crippen LogP contribution in [0.1, 0.15) is 30.6 Å². The van der Waals surface area contributed by atoms with Crippen molar-refractivity contribution in [2.45, 2.75) is 25.2 Å². The summed E-state index contributed by atoms with van der Waals surface area (Å²) < 4.78 is 32.6. The Bertz CT molecular complexity index is 1030. The summed E-state index contributed by atoms with van der Waals surface area (Å²) in [6, 6.07) is 13.3. The van der Waals surface area contributed by atoms with Gasteiger partial charge < -0.3 is 15.0 Å². The minimum Gasteiger partial charge on any atom is -0.494 e. The van der Waals surface area contributed by atoms with Gasteiger partial charge in [0.05, 0.1) is 11.5 Å². The van der Waals surface area contributed by atoms with E-state index in [0.717, 1.165) is 0 Å². The largest absolute Gasteiger partial charge is 0.494 e. The third-order valence-electron chi connectivity index (χ3n) is 5.33. The maximum absolute atomic E-state index is 12.9. The number of nitrogens with zero attached hydrogens (tertiary/aromatic N) is 2. The van der Waals surface area contributed by atoms with Crippen LogP contribution in [0.4, 0.5) is 5.69 Å². The van der Waals surface area contributed by atoms with E-state index in [-0.39, 0.29) is 16.6 Å². The number of rotatable bonds is 9. The summed E-state index contributed by atoms with van der Waals surface area (Å²) in [5.41, 5.74) is 1.24. The van der Waals surface area contributed by atoms with Crippen molar-refractivity contribution in [2.24, 2.45) is 0 Å². The molecule has 0 aliphatic carbocycles. The average molecular weight is 460 g/mol. The zero-order valence-corrected chi connectivity index (χ0v) is 19.2. The fourth-order valence-corrected chi connectivity index (χ4v) is 4.91. The molecule has 1 aliphatic heterocycles. The van der Waals surface area contributed by atoms with Crippen molar-refractivity contribution >= 4 is 27.4 Å². The van der Waals surface area contributed by atoms with E-state index in [1.54, 1.807) is 48.5 Å². The first-order chi connectivity index (χ1) is 15.3. The topological polar surface area (TPSA) is 96.0 Å². The maximum atomic E-state index is 12.9. The first-order valence-electron chi connectivity index (χ1n) is 10.7. The van der Waals surface area contributed by atoms with Gasteiger partial charge in [0, 0.05) is 50.4 Å². The second-order valence-electron chi connectivity index (χ2n) is 7.58. The monoisotopic (exact) mass is 459 g/mol. The molecule has 1 amide bonds. The standard InChI is InChI=1S/C23H29N3O5S/c1-3-31-21-8-10-22(11-9-21)32(29,30)26-16-14-25(15-17-26)13-12-23(28)24-20-6-4-19(5-7-20)18(2)27/h4-11H,3,12-17H2,1-2H3,(H,24,28). The Kier molecular flexibility index (Phi) is 8.00. The number of nitrogens with one attached hydrogen (secondary N) is 1. The lowest BCUT2D eigenvalue weighted by Crippen LogP contribution is -2.49. The molecule has 2 aromatic carbocycles. The predicted octanol–water partition coefficient (Wildman–Crippen LogP) is 2.62. The summed E-state index contributed by atoms with van der Waals surface area (Å²) in [7, 11) is -3.55. The summed E-state index contributed by atoms with van der Waals surface area (Å²) in [6.07, 6.45) is 0.306. The molecular formula is C23H29N3O5S. The number of Topliss-reactive ketones (excluding diaryl/α,β-unsaturated/α-hetero) is 1. The van der Waals surface area contributed by atoms with E-state index >= 15 is 0 Å². The van der Waals surface area contributed by atoms with Gasteiger partial charge in [-0.25, -0.2) is 8.42 Å². The summed E-state index contributed by atoms with van der Waals surface area (Å²) >= 11 is 0. The zero-order valence-electron chi connectivity index (χ0n) is 18.4. The molecule has 8 nitrogen and oxygen atoms in total. The van der Waals surface area contributed by atoms with Gasteiger partial charge in [-0.2, -0.15) is 4.31 Å². The lowest BCUT2D eigenvalue weighted by Gasteiger charge is -2.33. The van der Waals surface area contributed by atoms with Gasteiger partial charge in [-0.1, -0.05) is 0 Å². The number of benzene rings is 2. The van der Waals surface area contributed by atoms with Crippen molar-refractivity contribution in [2.75, 3.05) is 44.6 Å². The summed E-state index contributed by atoms with van der Waals surface area (Å²) in [6.45, 7) is 6.34. The molecule has 32 heavy (non-hydrogen) atoms. The highest BCUT2D eigenvalue weighted by Gasteiger charge is 2.28. The zero-order chi connectivity index (χ0) is 23.1. The van der Waals surface area contributed by atoms with Gasteiger partial charge in [-0.3, -0.25) is 9.59 Å². The van der Waals surface area contributed by atoms with Crippen LogP contribution in [-0.4, -0.2) is 68.6 Å². The van der Waals surface area contributed by atoms with E-state index in [1.165, 1.54) is 11.2 Å². The van der Waals surface area contributed by atoms with Gasteiger partial charge in [0.1, 0.15) is 5.75 Å². The Morgan fingerprint density at radius 3 is 2.16 bits per heavy atom. The SMILES string of the molecule is CCOc1ccc(S(=O)(=O)N2CCN(CCC(=O)Nc3ccc(C(C)=O)cc3)CC2)cc1. The molecule has 1 saturated heterocycles. The van der Waals surface area contributed by atoms with E-state index < -0.39 is 10.0 Å². The fraction of sp³-hybridized carbons (Fsp3) is 0.391. The van der Waals surface area contributed by atoms with Crippen molar-refractivity contribution in [3.63, 3.8) is 0 Å². The number of hydrogen-bond donors (Lipinski definition) is 1. The number of anilines is 1. The van der Waals surface area contributed by atoms with Gasteiger partial charge >= 0.3 is 0 Å². The summed E-state index contributed by atoms with van der Waals surface area (Å²) in [5.74, 6) is 0.501. The minimum atomic E-state index is -3.55. The molecule has 0 aromatic heterocycles. The Labute approximate surface area is 189 Å². The smallest absolute Gasteiger partial charge is 0.243 e. The second kappa shape index (κ2) is 10.7. The van der Waals surface area contributed by atoms with Gasteiger partial charge in [-0.05, 0) is 62.4 Å². The molecule has 1 N–H and O–H groups in total. The number of ether oxygens (including phenoxy) is 1. The van der Waals surface area contributed by atoms with Crippen LogP contribution < -0.4 is 10.1 Å². The lowest BCUT2D eigenvalue weighted by atomic mass is 10.1. The molecule has 172 valence electrons. The maximum Gasteiger partial charge on any atom is 0.243 e. The molecule has 3 rings (SSSR count). The van der Waals surface area contributed by atoms with E-state index in [0.29, 0.717) is 62.8 Å². The van der Waals surface area contributed by atoms with Crippen LogP contribution in [-0.2, 0) is 14.8 Å². The molecule has 2 aromatic rings. The highest BCUT2D eigenvalue weighted by Crippen LogP contribution is 2.21. The molecule has 9 heteroatoms. The van der Waals surface area contributed by atoms with E-state index in [2.05, 4.69) is 10.2 Å². The van der Waals surface area contributed by atoms with Crippen LogP contribution in [0, 0.1) is 0 Å². The number of carbonyl (C=O) groups is 2. The first-order valence-corrected chi connectivity index (χ1v) is 12.1. The number of ketones is 1. The number of piperazine rings is 1. The molecule has 1 heterocycles. The number of carbonyl (C=O) groups excluding carboxylic acids is 2. The molecule has 0 unspecified atom stereocenters. The molecule has 0 bridgehead atoms. The van der Waals surface area contributed by atoms with Crippen molar-refractivity contribution in [1.82, 2.24) is 9.21 Å². The lowest BCUT2D eigenvalue weighted by molar-refractivity contribution is -0.116. The molecule has 0 radical (unpaired) electrons. The second-order valence-corrected chi connectivity index (χ2v) is 9.52. The Balaban J connectivity index is 1.45. The van der Waals surface area contributed by atoms with Crippen LogP contribution >= 0.6 is 0 Å². The fourth-order valence-electron chi connectivity index (χ4n) is 3.49. The average Bonchev–Trinajstić information content (AvgIpc) is 2.79. The summed E-state index contributed by atoms with van der Waals surface area (Å²) in [5, 5.41) is 2.82. The highest BCUT2D eigenvalue weighted by molar-refractivity contribution is 7.89. The molecular weight excluding hydrogens is 430 g/mol. The predicted molar refractivity (Wildman–Crippen MR) is 123 cm³/mol. The third-order valence-corrected chi connectivity index (χ3v) is 7.25.